The minimum Gasteiger partial charge on any atom is -0.508 e. The minimum atomic E-state index is -1.10. The van der Waals surface area contributed by atoms with E-state index in [0.29, 0.717) is 51.1 Å². The van der Waals surface area contributed by atoms with Crippen molar-refractivity contribution in [2.75, 3.05) is 40.4 Å². The molecule has 8 rings (SSSR count). The van der Waals surface area contributed by atoms with Gasteiger partial charge in [-0.3, -0.25) is 29.2 Å². The van der Waals surface area contributed by atoms with Crippen LogP contribution in [0.25, 0.3) is 33.3 Å². The number of ether oxygens (including phenoxy) is 2. The highest BCUT2D eigenvalue weighted by molar-refractivity contribution is 5.96. The number of rotatable bonds is 9. The van der Waals surface area contributed by atoms with Crippen LogP contribution >= 0.6 is 0 Å². The summed E-state index contributed by atoms with van der Waals surface area (Å²) in [5.74, 6) is -1.35. The zero-order chi connectivity index (χ0) is 44.1. The normalized spacial score (nSPS) is 24.0. The van der Waals surface area contributed by atoms with Gasteiger partial charge in [-0.05, 0) is 109 Å². The van der Waals surface area contributed by atoms with E-state index >= 15 is 0 Å². The molecule has 4 aliphatic rings. The number of esters is 1. The van der Waals surface area contributed by atoms with Crippen LogP contribution in [0.4, 0.5) is 0 Å². The minimum absolute atomic E-state index is 0.0185. The number of hydrogen-bond donors (Lipinski definition) is 4. The molecule has 3 aliphatic heterocycles. The molecule has 2 aromatic carbocycles. The molecule has 6 bridgehead atoms. The summed E-state index contributed by atoms with van der Waals surface area (Å²) in [6.07, 6.45) is 6.08. The molecule has 5 heterocycles. The topological polar surface area (TPSA) is 167 Å². The van der Waals surface area contributed by atoms with Crippen molar-refractivity contribution < 1.29 is 33.8 Å². The molecule has 4 N–H and O–H groups in total. The zero-order valence-corrected chi connectivity index (χ0v) is 37.0. The van der Waals surface area contributed by atoms with Gasteiger partial charge in [0.1, 0.15) is 23.9 Å². The molecule has 2 aromatic heterocycles. The summed E-state index contributed by atoms with van der Waals surface area (Å²) in [7, 11) is 3.36. The van der Waals surface area contributed by atoms with Crippen LogP contribution < -0.4 is 16.1 Å². The van der Waals surface area contributed by atoms with Crippen molar-refractivity contribution in [2.45, 2.75) is 98.0 Å². The quantitative estimate of drug-likeness (QED) is 0.169. The second-order valence-corrected chi connectivity index (χ2v) is 19.0. The fourth-order valence-electron chi connectivity index (χ4n) is 10.3. The number of hydrogen-bond acceptors (Lipinski definition) is 10. The number of carbonyl (C=O) groups excluding carboxylic acids is 4. The van der Waals surface area contributed by atoms with Crippen molar-refractivity contribution in [3.8, 4) is 28.1 Å². The van der Waals surface area contributed by atoms with Gasteiger partial charge in [-0.15, -0.1) is 0 Å². The number of benzene rings is 2. The molecule has 1 saturated carbocycles. The first-order valence-corrected chi connectivity index (χ1v) is 22.1. The van der Waals surface area contributed by atoms with Crippen LogP contribution in [-0.4, -0.2) is 107 Å². The molecule has 14 heteroatoms. The maximum Gasteiger partial charge on any atom is 0.324 e. The SMILES string of the molecule is CCn1c(-c2cnccc2COC)c2c3cc(ccc31)-c1cc(O)cc(c1)C[C@H](NC(=O)[C@H](C(C)C)N(C)C(=O)[C@]13CNCC1C3)C(=O)N1CCC[C@H](N1)C(=O)OCC(C)(C)C2. The van der Waals surface area contributed by atoms with E-state index in [2.05, 4.69) is 58.5 Å². The molecule has 14 nitrogen and oxygen atoms in total. The number of carbonyl (C=O) groups is 4. The predicted octanol–water partition coefficient (Wildman–Crippen LogP) is 4.98. The highest BCUT2D eigenvalue weighted by Gasteiger charge is 2.64. The van der Waals surface area contributed by atoms with Crippen molar-refractivity contribution in [1.29, 1.82) is 0 Å². The van der Waals surface area contributed by atoms with Gasteiger partial charge in [0.15, 0.2) is 0 Å². The van der Waals surface area contributed by atoms with E-state index in [4.69, 9.17) is 9.47 Å². The van der Waals surface area contributed by atoms with Gasteiger partial charge in [0.25, 0.3) is 5.91 Å². The summed E-state index contributed by atoms with van der Waals surface area (Å²) in [4.78, 5) is 63.0. The number of phenols is 1. The van der Waals surface area contributed by atoms with E-state index in [1.54, 1.807) is 37.4 Å². The van der Waals surface area contributed by atoms with Crippen molar-refractivity contribution >= 4 is 34.6 Å². The van der Waals surface area contributed by atoms with E-state index in [1.807, 2.05) is 38.2 Å². The van der Waals surface area contributed by atoms with Gasteiger partial charge in [0.05, 0.1) is 24.3 Å². The number of fused-ring (bicyclic) bond motifs is 7. The lowest BCUT2D eigenvalue weighted by Gasteiger charge is -2.37. The first-order valence-electron chi connectivity index (χ1n) is 22.1. The number of aromatic nitrogens is 2. The number of amides is 3. The van der Waals surface area contributed by atoms with Crippen molar-refractivity contribution in [1.82, 2.24) is 35.5 Å². The highest BCUT2D eigenvalue weighted by Crippen LogP contribution is 2.56. The van der Waals surface area contributed by atoms with E-state index in [0.717, 1.165) is 57.4 Å². The Morgan fingerprint density at radius 3 is 2.65 bits per heavy atom. The Morgan fingerprint density at radius 1 is 1.13 bits per heavy atom. The monoisotopic (exact) mass is 847 g/mol. The summed E-state index contributed by atoms with van der Waals surface area (Å²) in [5, 5.41) is 20.1. The molecule has 3 amide bonds. The van der Waals surface area contributed by atoms with E-state index in [1.165, 1.54) is 5.01 Å². The Labute approximate surface area is 363 Å². The number of aryl methyl sites for hydroxylation is 1. The van der Waals surface area contributed by atoms with Crippen LogP contribution in [0.3, 0.4) is 0 Å². The van der Waals surface area contributed by atoms with Crippen molar-refractivity contribution in [2.24, 2.45) is 22.7 Å². The lowest BCUT2D eigenvalue weighted by atomic mass is 9.84. The third kappa shape index (κ3) is 8.20. The van der Waals surface area contributed by atoms with E-state index in [-0.39, 0.29) is 36.5 Å². The molecule has 1 unspecified atom stereocenters. The fourth-order valence-corrected chi connectivity index (χ4v) is 10.3. The van der Waals surface area contributed by atoms with Crippen LogP contribution in [-0.2, 0) is 54.6 Å². The zero-order valence-electron chi connectivity index (χ0n) is 37.0. The largest absolute Gasteiger partial charge is 0.508 e. The summed E-state index contributed by atoms with van der Waals surface area (Å²) in [6.45, 7) is 13.0. The third-order valence-corrected chi connectivity index (χ3v) is 13.4. The third-order valence-electron chi connectivity index (χ3n) is 13.4. The summed E-state index contributed by atoms with van der Waals surface area (Å²) in [6, 6.07) is 10.8. The summed E-state index contributed by atoms with van der Waals surface area (Å²) >= 11 is 0. The van der Waals surface area contributed by atoms with Crippen LogP contribution in [0, 0.1) is 22.7 Å². The Kier molecular flexibility index (Phi) is 12.0. The standard InChI is InChI=1S/C48H61N7O7/c1-8-54-40-12-11-30-20-35(40)36(42(54)37-24-49-14-13-31(37)25-61-7)22-47(4,5)27-62-45(59)38-10-9-15-55(52-38)44(58)39(18-29-16-32(30)19-34(56)17-29)51-43(57)41(28(2)3)53(6)46(60)48-21-33(48)23-50-26-48/h11-14,16-17,19-20,24,28,33,38-39,41,50,52,56H,8-10,15,18,21-23,25-27H2,1-7H3,(H,51,57)/t33?,38-,39-,41-,48+/m0/s1. The molecule has 0 spiro atoms. The lowest BCUT2D eigenvalue weighted by molar-refractivity contribution is -0.155. The van der Waals surface area contributed by atoms with Gasteiger partial charge < -0.3 is 34.7 Å². The average Bonchev–Trinajstić information content (AvgIpc) is 3.66. The molecule has 0 radical (unpaired) electrons. The molecule has 62 heavy (non-hydrogen) atoms. The maximum atomic E-state index is 14.7. The molecule has 1 aliphatic carbocycles. The van der Waals surface area contributed by atoms with Gasteiger partial charge in [0.2, 0.25) is 11.8 Å². The number of phenolic OH excluding ortho intramolecular Hbond substituents is 1. The average molecular weight is 848 g/mol. The molecule has 4 aromatic rings. The van der Waals surface area contributed by atoms with E-state index in [9.17, 15) is 24.3 Å². The number of nitrogens with zero attached hydrogens (tertiary/aromatic N) is 4. The Hall–Kier alpha value is -5.31. The smallest absolute Gasteiger partial charge is 0.324 e. The van der Waals surface area contributed by atoms with Crippen LogP contribution in [0.2, 0.25) is 0 Å². The van der Waals surface area contributed by atoms with Crippen molar-refractivity contribution in [3.05, 3.63) is 71.5 Å². The highest BCUT2D eigenvalue weighted by atomic mass is 16.5. The Bertz CT molecular complexity index is 2390. The van der Waals surface area contributed by atoms with Crippen LogP contribution in [0.5, 0.6) is 5.75 Å². The van der Waals surface area contributed by atoms with Gasteiger partial charge in [-0.2, -0.15) is 0 Å². The Morgan fingerprint density at radius 2 is 1.94 bits per heavy atom. The first kappa shape index (κ1) is 43.3. The molecular formula is C48H61N7O7. The number of methoxy groups -OCH3 is 1. The number of piperidine rings is 1. The van der Waals surface area contributed by atoms with Gasteiger partial charge in [-0.1, -0.05) is 39.8 Å². The predicted molar refractivity (Wildman–Crippen MR) is 235 cm³/mol. The van der Waals surface area contributed by atoms with Crippen LogP contribution in [0.15, 0.2) is 54.9 Å². The number of aromatic hydroxyl groups is 1. The molecule has 3 fully saturated rings. The number of cyclic esters (lactones) is 1. The van der Waals surface area contributed by atoms with Crippen LogP contribution in [0.1, 0.15) is 70.6 Å². The van der Waals surface area contributed by atoms with Gasteiger partial charge >= 0.3 is 5.97 Å². The summed E-state index contributed by atoms with van der Waals surface area (Å²) < 4.78 is 14.0. The number of likely N-dealkylation sites (N-methyl/N-ethyl adjacent to an activating group) is 1. The lowest BCUT2D eigenvalue weighted by Crippen LogP contribution is -2.62. The fraction of sp³-hybridized carbons (Fsp3) is 0.521. The molecule has 5 atom stereocenters. The first-order chi connectivity index (χ1) is 29.6. The molecule has 2 saturated heterocycles. The van der Waals surface area contributed by atoms with Crippen molar-refractivity contribution in [3.63, 3.8) is 0 Å². The molecular weight excluding hydrogens is 787 g/mol. The second kappa shape index (κ2) is 17.1. The molecule has 330 valence electrons. The number of hydrazine groups is 1. The summed E-state index contributed by atoms with van der Waals surface area (Å²) in [5.41, 5.74) is 9.47. The second-order valence-electron chi connectivity index (χ2n) is 19.0. The number of pyridine rings is 1. The van der Waals surface area contributed by atoms with E-state index < -0.39 is 46.7 Å². The van der Waals surface area contributed by atoms with Gasteiger partial charge in [0, 0.05) is 74.5 Å². The van der Waals surface area contributed by atoms with Gasteiger partial charge in [-0.25, -0.2) is 5.43 Å². The maximum absolute atomic E-state index is 14.7. The number of nitrogens with one attached hydrogen (secondary N) is 3. The Balaban J connectivity index is 1.22.